The number of nitrogens with zero attached hydrogens (tertiary/aromatic N) is 1. The molecule has 0 saturated carbocycles. The monoisotopic (exact) mass is 286 g/mol. The van der Waals surface area contributed by atoms with Crippen LogP contribution in [0.5, 0.6) is 0 Å². The second kappa shape index (κ2) is 5.86. The predicted molar refractivity (Wildman–Crippen MR) is 70.8 cm³/mol. The van der Waals surface area contributed by atoms with E-state index in [-0.39, 0.29) is 16.6 Å². The second-order valence-corrected chi connectivity index (χ2v) is 5.23. The van der Waals surface area contributed by atoms with Crippen LogP contribution in [-0.4, -0.2) is 48.2 Å². The van der Waals surface area contributed by atoms with E-state index in [2.05, 4.69) is 5.32 Å². The summed E-state index contributed by atoms with van der Waals surface area (Å²) in [7, 11) is 1.91. The van der Waals surface area contributed by atoms with Gasteiger partial charge in [0.15, 0.2) is 0 Å². The summed E-state index contributed by atoms with van der Waals surface area (Å²) < 4.78 is 13.1. The molecule has 1 aliphatic rings. The van der Waals surface area contributed by atoms with Gasteiger partial charge in [-0.15, -0.1) is 0 Å². The van der Waals surface area contributed by atoms with Crippen LogP contribution in [0.2, 0.25) is 5.02 Å². The molecule has 2 unspecified atom stereocenters. The summed E-state index contributed by atoms with van der Waals surface area (Å²) in [6, 6.07) is 3.31. The SMILES string of the molecule is CN1CCC(NC(=O)c2cc(F)ccc2Cl)C(O)C1. The van der Waals surface area contributed by atoms with Crippen LogP contribution in [0.25, 0.3) is 0 Å². The molecule has 0 aliphatic carbocycles. The molecule has 1 aromatic carbocycles. The van der Waals surface area contributed by atoms with E-state index in [1.165, 1.54) is 12.1 Å². The van der Waals surface area contributed by atoms with Gasteiger partial charge in [-0.3, -0.25) is 4.79 Å². The number of likely N-dealkylation sites (tertiary alicyclic amines) is 1. The molecule has 1 amide bonds. The number of likely N-dealkylation sites (N-methyl/N-ethyl adjacent to an activating group) is 1. The number of nitrogens with one attached hydrogen (secondary N) is 1. The number of β-amino-alcohol motifs (C(OH)–C–C–N with tert-alkyl or cyclic N) is 1. The number of hydrogen-bond acceptors (Lipinski definition) is 3. The number of aliphatic hydroxyl groups excluding tert-OH is 1. The Kier molecular flexibility index (Phi) is 4.39. The normalized spacial score (nSPS) is 24.2. The van der Waals surface area contributed by atoms with Crippen LogP contribution < -0.4 is 5.32 Å². The molecule has 1 aliphatic heterocycles. The Labute approximate surface area is 116 Å². The van der Waals surface area contributed by atoms with Crippen molar-refractivity contribution in [3.05, 3.63) is 34.6 Å². The lowest BCUT2D eigenvalue weighted by atomic mass is 10.0. The molecule has 104 valence electrons. The summed E-state index contributed by atoms with van der Waals surface area (Å²) in [6.07, 6.45) is 0.0196. The second-order valence-electron chi connectivity index (χ2n) is 4.82. The number of hydrogen-bond donors (Lipinski definition) is 2. The van der Waals surface area contributed by atoms with Gasteiger partial charge in [0.2, 0.25) is 0 Å². The van der Waals surface area contributed by atoms with Gasteiger partial charge in [-0.25, -0.2) is 4.39 Å². The molecule has 19 heavy (non-hydrogen) atoms. The number of benzene rings is 1. The maximum absolute atomic E-state index is 13.1. The lowest BCUT2D eigenvalue weighted by molar-refractivity contribution is 0.0473. The summed E-state index contributed by atoms with van der Waals surface area (Å²) >= 11 is 5.87. The van der Waals surface area contributed by atoms with Crippen LogP contribution in [0.15, 0.2) is 18.2 Å². The minimum absolute atomic E-state index is 0.0906. The third kappa shape index (κ3) is 3.43. The van der Waals surface area contributed by atoms with E-state index in [1.807, 2.05) is 11.9 Å². The predicted octanol–water partition coefficient (Wildman–Crippen LogP) is 1.27. The van der Waals surface area contributed by atoms with E-state index >= 15 is 0 Å². The summed E-state index contributed by atoms with van der Waals surface area (Å²) in [4.78, 5) is 14.0. The zero-order valence-corrected chi connectivity index (χ0v) is 11.3. The van der Waals surface area contributed by atoms with Crippen LogP contribution >= 0.6 is 11.6 Å². The molecular weight excluding hydrogens is 271 g/mol. The molecule has 0 spiro atoms. The maximum atomic E-state index is 13.1. The van der Waals surface area contributed by atoms with Crippen molar-refractivity contribution in [1.29, 1.82) is 0 Å². The molecule has 4 nitrogen and oxygen atoms in total. The van der Waals surface area contributed by atoms with Crippen molar-refractivity contribution in [2.75, 3.05) is 20.1 Å². The molecular formula is C13H16ClFN2O2. The van der Waals surface area contributed by atoms with E-state index in [4.69, 9.17) is 11.6 Å². The molecule has 2 N–H and O–H groups in total. The van der Waals surface area contributed by atoms with Gasteiger partial charge in [-0.1, -0.05) is 11.6 Å². The highest BCUT2D eigenvalue weighted by atomic mass is 35.5. The molecule has 2 rings (SSSR count). The summed E-state index contributed by atoms with van der Waals surface area (Å²) in [5.41, 5.74) is 0.0906. The minimum Gasteiger partial charge on any atom is -0.390 e. The van der Waals surface area contributed by atoms with Crippen molar-refractivity contribution >= 4 is 17.5 Å². The highest BCUT2D eigenvalue weighted by Crippen LogP contribution is 2.18. The first-order chi connectivity index (χ1) is 8.97. The molecule has 2 atom stereocenters. The van der Waals surface area contributed by atoms with Crippen LogP contribution in [0.4, 0.5) is 4.39 Å². The Balaban J connectivity index is 2.06. The smallest absolute Gasteiger partial charge is 0.253 e. The van der Waals surface area contributed by atoms with E-state index in [9.17, 15) is 14.3 Å². The van der Waals surface area contributed by atoms with Gasteiger partial charge in [-0.05, 0) is 38.2 Å². The first-order valence-electron chi connectivity index (χ1n) is 6.10. The van der Waals surface area contributed by atoms with Gasteiger partial charge >= 0.3 is 0 Å². The van der Waals surface area contributed by atoms with Crippen molar-refractivity contribution in [3.63, 3.8) is 0 Å². The average Bonchev–Trinajstić information content (AvgIpc) is 2.35. The standard InChI is InChI=1S/C13H16ClFN2O2/c1-17-5-4-11(12(18)7-17)16-13(19)9-6-8(15)2-3-10(9)14/h2-3,6,11-12,18H,4-5,7H2,1H3,(H,16,19). The van der Waals surface area contributed by atoms with E-state index in [0.717, 1.165) is 12.6 Å². The summed E-state index contributed by atoms with van der Waals surface area (Å²) in [5, 5.41) is 12.8. The first-order valence-corrected chi connectivity index (χ1v) is 6.47. The van der Waals surface area contributed by atoms with Gasteiger partial charge in [0, 0.05) is 6.54 Å². The minimum atomic E-state index is -0.630. The van der Waals surface area contributed by atoms with E-state index in [0.29, 0.717) is 13.0 Å². The Morgan fingerprint density at radius 3 is 3.00 bits per heavy atom. The Morgan fingerprint density at radius 1 is 1.58 bits per heavy atom. The number of amides is 1. The fraction of sp³-hybridized carbons (Fsp3) is 0.462. The van der Waals surface area contributed by atoms with Crippen molar-refractivity contribution in [2.45, 2.75) is 18.6 Å². The highest BCUT2D eigenvalue weighted by Gasteiger charge is 2.27. The molecule has 1 fully saturated rings. The number of rotatable bonds is 2. The van der Waals surface area contributed by atoms with Crippen LogP contribution in [0.3, 0.4) is 0 Å². The van der Waals surface area contributed by atoms with Gasteiger partial charge in [-0.2, -0.15) is 0 Å². The number of carbonyl (C=O) groups is 1. The van der Waals surface area contributed by atoms with Crippen LogP contribution in [-0.2, 0) is 0 Å². The highest BCUT2D eigenvalue weighted by molar-refractivity contribution is 6.33. The first kappa shape index (κ1) is 14.2. The van der Waals surface area contributed by atoms with E-state index in [1.54, 1.807) is 0 Å². The molecule has 1 heterocycles. The molecule has 1 saturated heterocycles. The van der Waals surface area contributed by atoms with Crippen LogP contribution in [0.1, 0.15) is 16.8 Å². The molecule has 0 aromatic heterocycles. The number of halogens is 2. The average molecular weight is 287 g/mol. The van der Waals surface area contributed by atoms with Crippen molar-refractivity contribution < 1.29 is 14.3 Å². The van der Waals surface area contributed by atoms with Gasteiger partial charge in [0.25, 0.3) is 5.91 Å². The topological polar surface area (TPSA) is 52.6 Å². The van der Waals surface area contributed by atoms with Gasteiger partial charge in [0.1, 0.15) is 5.82 Å². The summed E-state index contributed by atoms with van der Waals surface area (Å²) in [6.45, 7) is 1.29. The molecule has 0 radical (unpaired) electrons. The van der Waals surface area contributed by atoms with E-state index < -0.39 is 17.8 Å². The van der Waals surface area contributed by atoms with Crippen molar-refractivity contribution in [3.8, 4) is 0 Å². The quantitative estimate of drug-likeness (QED) is 0.861. The Morgan fingerprint density at radius 2 is 2.32 bits per heavy atom. The molecule has 6 heteroatoms. The lowest BCUT2D eigenvalue weighted by Crippen LogP contribution is -2.53. The Bertz CT molecular complexity index is 484. The Hall–Kier alpha value is -1.17. The summed E-state index contributed by atoms with van der Waals surface area (Å²) in [5.74, 6) is -0.975. The molecule has 1 aromatic rings. The van der Waals surface area contributed by atoms with Crippen molar-refractivity contribution in [1.82, 2.24) is 10.2 Å². The number of piperidine rings is 1. The fourth-order valence-corrected chi connectivity index (χ4v) is 2.38. The number of aliphatic hydroxyl groups is 1. The number of carbonyl (C=O) groups excluding carboxylic acids is 1. The van der Waals surface area contributed by atoms with Gasteiger partial charge < -0.3 is 15.3 Å². The third-order valence-electron chi connectivity index (χ3n) is 3.27. The third-order valence-corrected chi connectivity index (χ3v) is 3.60. The van der Waals surface area contributed by atoms with Crippen LogP contribution in [0, 0.1) is 5.82 Å². The van der Waals surface area contributed by atoms with Crippen molar-refractivity contribution in [2.24, 2.45) is 0 Å². The zero-order valence-electron chi connectivity index (χ0n) is 10.6. The fourth-order valence-electron chi connectivity index (χ4n) is 2.18. The maximum Gasteiger partial charge on any atom is 0.253 e. The lowest BCUT2D eigenvalue weighted by Gasteiger charge is -2.34. The molecule has 0 bridgehead atoms. The largest absolute Gasteiger partial charge is 0.390 e. The van der Waals surface area contributed by atoms with Gasteiger partial charge in [0.05, 0.1) is 22.7 Å². The zero-order chi connectivity index (χ0) is 14.0.